The molecule has 0 spiro atoms. The van der Waals surface area contributed by atoms with Gasteiger partial charge in [-0.1, -0.05) is 0 Å². The number of piperazine rings is 1. The lowest BCUT2D eigenvalue weighted by molar-refractivity contribution is 0.0727. The number of nitrogens with zero attached hydrogens (tertiary/aromatic N) is 4. The van der Waals surface area contributed by atoms with Crippen LogP contribution in [0.2, 0.25) is 0 Å². The van der Waals surface area contributed by atoms with Crippen LogP contribution in [0.25, 0.3) is 0 Å². The number of urea groups is 1. The second-order valence-corrected chi connectivity index (χ2v) is 7.97. The molecule has 3 heterocycles. The van der Waals surface area contributed by atoms with Gasteiger partial charge in [-0.25, -0.2) is 9.59 Å². The number of carbonyl (C=O) groups is 2. The monoisotopic (exact) mass is 381 g/mol. The van der Waals surface area contributed by atoms with Crippen molar-refractivity contribution in [2.75, 3.05) is 66.0 Å². The van der Waals surface area contributed by atoms with Crippen molar-refractivity contribution in [3.8, 4) is 0 Å². The molecule has 0 unspecified atom stereocenters. The molecule has 0 atom stereocenters. The summed E-state index contributed by atoms with van der Waals surface area (Å²) in [5.74, 6) is 0. The van der Waals surface area contributed by atoms with Crippen molar-refractivity contribution in [2.45, 2.75) is 44.7 Å². The summed E-state index contributed by atoms with van der Waals surface area (Å²) in [5, 5.41) is 3.16. The van der Waals surface area contributed by atoms with Crippen molar-refractivity contribution in [3.63, 3.8) is 0 Å². The number of hydrogen-bond acceptors (Lipinski definition) is 5. The Morgan fingerprint density at radius 2 is 1.52 bits per heavy atom. The minimum Gasteiger partial charge on any atom is -0.450 e. The Bertz CT molecular complexity index is 494. The number of hydrogen-bond donors (Lipinski definition) is 1. The van der Waals surface area contributed by atoms with Crippen LogP contribution < -0.4 is 5.32 Å². The Balaban J connectivity index is 1.36. The van der Waals surface area contributed by atoms with Crippen molar-refractivity contribution in [3.05, 3.63) is 0 Å². The Morgan fingerprint density at radius 1 is 0.889 bits per heavy atom. The average molecular weight is 382 g/mol. The molecule has 0 aliphatic carbocycles. The zero-order chi connectivity index (χ0) is 19.2. The normalized spacial score (nSPS) is 24.1. The molecule has 8 nitrogen and oxygen atoms in total. The lowest BCUT2D eigenvalue weighted by Gasteiger charge is -2.42. The fourth-order valence-electron chi connectivity index (χ4n) is 4.34. The number of likely N-dealkylation sites (tertiary alicyclic amines) is 2. The summed E-state index contributed by atoms with van der Waals surface area (Å²) in [4.78, 5) is 33.0. The summed E-state index contributed by atoms with van der Waals surface area (Å²) in [5.41, 5.74) is 0. The molecule has 3 aliphatic rings. The summed E-state index contributed by atoms with van der Waals surface area (Å²) in [6, 6.07) is 0.876. The number of piperidine rings is 2. The summed E-state index contributed by atoms with van der Waals surface area (Å²) in [6.07, 6.45) is 3.82. The maximum Gasteiger partial charge on any atom is 0.409 e. The number of rotatable bonds is 3. The predicted molar refractivity (Wildman–Crippen MR) is 104 cm³/mol. The maximum atomic E-state index is 12.6. The molecule has 0 aromatic rings. The minimum atomic E-state index is -0.243. The van der Waals surface area contributed by atoms with Gasteiger partial charge in [0.1, 0.15) is 0 Å². The first kappa shape index (κ1) is 20.2. The van der Waals surface area contributed by atoms with Crippen LogP contribution in [0.1, 0.15) is 32.6 Å². The van der Waals surface area contributed by atoms with Gasteiger partial charge in [0, 0.05) is 51.4 Å². The SMILES string of the molecule is CCOC(=O)N1CCC(NC(=O)N2CCN(C3CCN(C)CC3)CC2)CC1. The van der Waals surface area contributed by atoms with Crippen molar-refractivity contribution >= 4 is 12.1 Å². The fourth-order valence-corrected chi connectivity index (χ4v) is 4.34. The number of nitrogens with one attached hydrogen (secondary N) is 1. The molecular formula is C19H35N5O3. The highest BCUT2D eigenvalue weighted by Gasteiger charge is 2.30. The molecular weight excluding hydrogens is 346 g/mol. The Morgan fingerprint density at radius 3 is 2.11 bits per heavy atom. The minimum absolute atomic E-state index is 0.0487. The smallest absolute Gasteiger partial charge is 0.409 e. The molecule has 8 heteroatoms. The second kappa shape index (κ2) is 9.59. The Hall–Kier alpha value is -1.54. The molecule has 3 fully saturated rings. The molecule has 3 aliphatic heterocycles. The van der Waals surface area contributed by atoms with E-state index in [-0.39, 0.29) is 18.2 Å². The van der Waals surface area contributed by atoms with Gasteiger partial charge in [0.05, 0.1) is 6.61 Å². The highest BCUT2D eigenvalue weighted by Crippen LogP contribution is 2.18. The average Bonchev–Trinajstić information content (AvgIpc) is 2.69. The third kappa shape index (κ3) is 5.48. The lowest BCUT2D eigenvalue weighted by atomic mass is 10.0. The van der Waals surface area contributed by atoms with Gasteiger partial charge < -0.3 is 24.8 Å². The highest BCUT2D eigenvalue weighted by molar-refractivity contribution is 5.74. The van der Waals surface area contributed by atoms with Crippen LogP contribution in [0, 0.1) is 0 Å². The quantitative estimate of drug-likeness (QED) is 0.791. The molecule has 154 valence electrons. The second-order valence-electron chi connectivity index (χ2n) is 7.97. The summed E-state index contributed by atoms with van der Waals surface area (Å²) >= 11 is 0. The molecule has 3 amide bonds. The maximum absolute atomic E-state index is 12.6. The van der Waals surface area contributed by atoms with Gasteiger partial charge >= 0.3 is 12.1 Å². The van der Waals surface area contributed by atoms with E-state index in [2.05, 4.69) is 22.2 Å². The van der Waals surface area contributed by atoms with Gasteiger partial charge in [-0.05, 0) is 52.7 Å². The van der Waals surface area contributed by atoms with Gasteiger partial charge in [-0.2, -0.15) is 0 Å². The van der Waals surface area contributed by atoms with Crippen LogP contribution in [0.5, 0.6) is 0 Å². The van der Waals surface area contributed by atoms with Crippen LogP contribution >= 0.6 is 0 Å². The summed E-state index contributed by atoms with van der Waals surface area (Å²) in [6.45, 7) is 9.43. The van der Waals surface area contributed by atoms with Gasteiger partial charge in [0.25, 0.3) is 0 Å². The van der Waals surface area contributed by atoms with E-state index in [9.17, 15) is 9.59 Å². The third-order valence-corrected chi connectivity index (χ3v) is 6.15. The molecule has 3 rings (SSSR count). The first-order valence-corrected chi connectivity index (χ1v) is 10.5. The van der Waals surface area contributed by atoms with Crippen LogP contribution in [0.15, 0.2) is 0 Å². The van der Waals surface area contributed by atoms with Gasteiger partial charge in [0.15, 0.2) is 0 Å². The van der Waals surface area contributed by atoms with Crippen molar-refractivity contribution < 1.29 is 14.3 Å². The molecule has 0 bridgehead atoms. The molecule has 27 heavy (non-hydrogen) atoms. The Kier molecular flexibility index (Phi) is 7.18. The largest absolute Gasteiger partial charge is 0.450 e. The molecule has 1 N–H and O–H groups in total. The molecule has 0 aromatic heterocycles. The summed E-state index contributed by atoms with van der Waals surface area (Å²) in [7, 11) is 2.19. The van der Waals surface area contributed by atoms with Crippen LogP contribution in [0.3, 0.4) is 0 Å². The van der Waals surface area contributed by atoms with E-state index >= 15 is 0 Å². The van der Waals surface area contributed by atoms with Gasteiger partial charge in [-0.15, -0.1) is 0 Å². The molecule has 3 saturated heterocycles. The number of amides is 3. The first-order chi connectivity index (χ1) is 13.1. The van der Waals surface area contributed by atoms with Crippen molar-refractivity contribution in [2.24, 2.45) is 0 Å². The molecule has 0 aromatic carbocycles. The third-order valence-electron chi connectivity index (χ3n) is 6.15. The standard InChI is InChI=1S/C19H35N5O3/c1-3-27-19(26)24-10-4-16(5-11-24)20-18(25)23-14-12-22(13-15-23)17-6-8-21(2)9-7-17/h16-17H,3-15H2,1-2H3,(H,20,25). The molecule has 0 saturated carbocycles. The van der Waals surface area contributed by atoms with E-state index in [1.165, 1.54) is 25.9 Å². The van der Waals surface area contributed by atoms with Crippen molar-refractivity contribution in [1.29, 1.82) is 0 Å². The fraction of sp³-hybridized carbons (Fsp3) is 0.895. The number of ether oxygens (including phenoxy) is 1. The zero-order valence-electron chi connectivity index (χ0n) is 16.9. The van der Waals surface area contributed by atoms with E-state index in [4.69, 9.17) is 4.74 Å². The zero-order valence-corrected chi connectivity index (χ0v) is 16.9. The topological polar surface area (TPSA) is 68.4 Å². The lowest BCUT2D eigenvalue weighted by Crippen LogP contribution is -2.57. The van der Waals surface area contributed by atoms with Crippen LogP contribution in [-0.4, -0.2) is 110 Å². The van der Waals surface area contributed by atoms with Crippen LogP contribution in [-0.2, 0) is 4.74 Å². The van der Waals surface area contributed by atoms with E-state index in [0.717, 1.165) is 39.0 Å². The Labute approximate surface area is 162 Å². The van der Waals surface area contributed by atoms with E-state index in [1.54, 1.807) is 4.90 Å². The number of carbonyl (C=O) groups excluding carboxylic acids is 2. The van der Waals surface area contributed by atoms with E-state index in [1.807, 2.05) is 11.8 Å². The van der Waals surface area contributed by atoms with Crippen molar-refractivity contribution in [1.82, 2.24) is 24.9 Å². The van der Waals surface area contributed by atoms with Gasteiger partial charge in [0.2, 0.25) is 0 Å². The van der Waals surface area contributed by atoms with E-state index in [0.29, 0.717) is 25.7 Å². The van der Waals surface area contributed by atoms with Crippen LogP contribution in [0.4, 0.5) is 9.59 Å². The van der Waals surface area contributed by atoms with Gasteiger partial charge in [-0.3, -0.25) is 4.90 Å². The summed E-state index contributed by atoms with van der Waals surface area (Å²) < 4.78 is 5.04. The van der Waals surface area contributed by atoms with E-state index < -0.39 is 0 Å². The highest BCUT2D eigenvalue weighted by atomic mass is 16.6. The molecule has 0 radical (unpaired) electrons. The predicted octanol–water partition coefficient (Wildman–Crippen LogP) is 1.03. The first-order valence-electron chi connectivity index (χ1n) is 10.5.